The van der Waals surface area contributed by atoms with Gasteiger partial charge in [0.25, 0.3) is 0 Å². The van der Waals surface area contributed by atoms with Crippen molar-refractivity contribution >= 4 is 5.97 Å². The SMILES string of the molecule is CC(C)c1cc(C(=O)[O-])cc(C(C)C)c1OCCCCCCCC(C)(C)O. The van der Waals surface area contributed by atoms with Crippen LogP contribution in [0.3, 0.4) is 0 Å². The van der Waals surface area contributed by atoms with E-state index in [9.17, 15) is 15.0 Å². The predicted molar refractivity (Wildman–Crippen MR) is 108 cm³/mol. The molecular weight excluding hydrogens is 340 g/mol. The van der Waals surface area contributed by atoms with Crippen LogP contribution < -0.4 is 9.84 Å². The van der Waals surface area contributed by atoms with Crippen molar-refractivity contribution in [1.82, 2.24) is 0 Å². The van der Waals surface area contributed by atoms with Crippen LogP contribution in [0.1, 0.15) is 113 Å². The second-order valence-electron chi connectivity index (χ2n) is 8.76. The summed E-state index contributed by atoms with van der Waals surface area (Å²) in [5.41, 5.74) is 1.53. The van der Waals surface area contributed by atoms with E-state index >= 15 is 0 Å². The van der Waals surface area contributed by atoms with Gasteiger partial charge in [0.2, 0.25) is 0 Å². The predicted octanol–water partition coefficient (Wildman–Crippen LogP) is 4.79. The monoisotopic (exact) mass is 377 g/mol. The maximum absolute atomic E-state index is 11.3. The number of carbonyl (C=O) groups is 1. The maximum Gasteiger partial charge on any atom is 0.126 e. The van der Waals surface area contributed by atoms with Crippen molar-refractivity contribution in [3.8, 4) is 5.75 Å². The molecule has 0 aliphatic rings. The van der Waals surface area contributed by atoms with Crippen molar-refractivity contribution in [3.05, 3.63) is 28.8 Å². The Morgan fingerprint density at radius 3 is 1.93 bits per heavy atom. The molecule has 0 bridgehead atoms. The highest BCUT2D eigenvalue weighted by atomic mass is 16.5. The number of carbonyl (C=O) groups excluding carboxylic acids is 1. The highest BCUT2D eigenvalue weighted by molar-refractivity contribution is 5.87. The quantitative estimate of drug-likeness (QED) is 0.532. The van der Waals surface area contributed by atoms with Crippen LogP contribution in [0.25, 0.3) is 0 Å². The lowest BCUT2D eigenvalue weighted by Gasteiger charge is -2.22. The van der Waals surface area contributed by atoms with Crippen LogP contribution in [0.4, 0.5) is 0 Å². The highest BCUT2D eigenvalue weighted by Gasteiger charge is 2.17. The van der Waals surface area contributed by atoms with Gasteiger partial charge in [-0.25, -0.2) is 0 Å². The molecule has 4 nitrogen and oxygen atoms in total. The molecular formula is C23H37O4-. The second-order valence-corrected chi connectivity index (χ2v) is 8.76. The molecule has 0 unspecified atom stereocenters. The lowest BCUT2D eigenvalue weighted by Crippen LogP contribution is -2.23. The molecule has 0 aromatic heterocycles. The van der Waals surface area contributed by atoms with Crippen LogP contribution in [0.5, 0.6) is 5.75 Å². The van der Waals surface area contributed by atoms with E-state index in [1.165, 1.54) is 0 Å². The zero-order chi connectivity index (χ0) is 20.6. The Morgan fingerprint density at radius 2 is 1.48 bits per heavy atom. The van der Waals surface area contributed by atoms with E-state index in [2.05, 4.69) is 0 Å². The maximum atomic E-state index is 11.3. The number of rotatable bonds is 12. The average Bonchev–Trinajstić information content (AvgIpc) is 2.55. The van der Waals surface area contributed by atoms with Gasteiger partial charge in [-0.1, -0.05) is 53.4 Å². The van der Waals surface area contributed by atoms with Crippen molar-refractivity contribution in [2.45, 2.75) is 97.5 Å². The fourth-order valence-electron chi connectivity index (χ4n) is 3.18. The molecule has 154 valence electrons. The number of hydrogen-bond donors (Lipinski definition) is 1. The molecule has 0 aliphatic carbocycles. The summed E-state index contributed by atoms with van der Waals surface area (Å²) in [4.78, 5) is 11.3. The van der Waals surface area contributed by atoms with Gasteiger partial charge in [-0.05, 0) is 67.3 Å². The van der Waals surface area contributed by atoms with E-state index in [0.717, 1.165) is 55.4 Å². The highest BCUT2D eigenvalue weighted by Crippen LogP contribution is 2.36. The van der Waals surface area contributed by atoms with Gasteiger partial charge in [0.05, 0.1) is 18.2 Å². The van der Waals surface area contributed by atoms with Crippen LogP contribution >= 0.6 is 0 Å². The topological polar surface area (TPSA) is 69.6 Å². The first-order valence-corrected chi connectivity index (χ1v) is 10.3. The zero-order valence-electron chi connectivity index (χ0n) is 17.9. The minimum atomic E-state index is -1.14. The summed E-state index contributed by atoms with van der Waals surface area (Å²) < 4.78 is 6.13. The molecule has 0 atom stereocenters. The van der Waals surface area contributed by atoms with Gasteiger partial charge < -0.3 is 19.7 Å². The number of carboxylic acid groups (broad SMARTS) is 1. The van der Waals surface area contributed by atoms with Gasteiger partial charge >= 0.3 is 0 Å². The third kappa shape index (κ3) is 8.34. The lowest BCUT2D eigenvalue weighted by molar-refractivity contribution is -0.255. The Hall–Kier alpha value is -1.55. The summed E-state index contributed by atoms with van der Waals surface area (Å²) in [7, 11) is 0. The molecule has 4 heteroatoms. The van der Waals surface area contributed by atoms with E-state index in [-0.39, 0.29) is 17.4 Å². The molecule has 0 aliphatic heterocycles. The van der Waals surface area contributed by atoms with Crippen LogP contribution in [0.15, 0.2) is 12.1 Å². The van der Waals surface area contributed by atoms with E-state index in [1.54, 1.807) is 12.1 Å². The molecule has 1 N–H and O–H groups in total. The third-order valence-electron chi connectivity index (χ3n) is 4.81. The Kier molecular flexibility index (Phi) is 9.31. The summed E-state index contributed by atoms with van der Waals surface area (Å²) in [6.07, 6.45) is 6.21. The molecule has 1 rings (SSSR count). The van der Waals surface area contributed by atoms with Gasteiger partial charge in [-0.2, -0.15) is 0 Å². The van der Waals surface area contributed by atoms with Gasteiger partial charge in [-0.15, -0.1) is 0 Å². The van der Waals surface area contributed by atoms with Crippen molar-refractivity contribution < 1.29 is 19.7 Å². The number of aromatic carboxylic acids is 1. The molecule has 27 heavy (non-hydrogen) atoms. The van der Waals surface area contributed by atoms with E-state index < -0.39 is 11.6 Å². The fourth-order valence-corrected chi connectivity index (χ4v) is 3.18. The van der Waals surface area contributed by atoms with Crippen LogP contribution in [0, 0.1) is 0 Å². The number of ether oxygens (including phenoxy) is 1. The van der Waals surface area contributed by atoms with Gasteiger partial charge in [0.1, 0.15) is 5.75 Å². The fraction of sp³-hybridized carbons (Fsp3) is 0.696. The first-order valence-electron chi connectivity index (χ1n) is 10.3. The molecule has 0 spiro atoms. The van der Waals surface area contributed by atoms with Gasteiger partial charge in [0.15, 0.2) is 0 Å². The molecule has 0 radical (unpaired) electrons. The number of carboxylic acids is 1. The van der Waals surface area contributed by atoms with Crippen LogP contribution in [-0.4, -0.2) is 23.3 Å². The van der Waals surface area contributed by atoms with E-state index in [4.69, 9.17) is 4.74 Å². The molecule has 0 fully saturated rings. The van der Waals surface area contributed by atoms with Crippen molar-refractivity contribution in [3.63, 3.8) is 0 Å². The van der Waals surface area contributed by atoms with Crippen LogP contribution in [-0.2, 0) is 0 Å². The summed E-state index contributed by atoms with van der Waals surface area (Å²) in [6.45, 7) is 12.5. The molecule has 0 amide bonds. The lowest BCUT2D eigenvalue weighted by atomic mass is 9.91. The summed E-state index contributed by atoms with van der Waals surface area (Å²) in [5.74, 6) is 0.0562. The first kappa shape index (κ1) is 23.5. The van der Waals surface area contributed by atoms with Crippen molar-refractivity contribution in [1.29, 1.82) is 0 Å². The first-order chi connectivity index (χ1) is 12.5. The van der Waals surface area contributed by atoms with Crippen molar-refractivity contribution in [2.75, 3.05) is 6.61 Å². The Labute approximate surface area is 164 Å². The molecule has 0 saturated heterocycles. The zero-order valence-corrected chi connectivity index (χ0v) is 17.9. The second kappa shape index (κ2) is 10.7. The number of benzene rings is 1. The van der Waals surface area contributed by atoms with Gasteiger partial charge in [0, 0.05) is 0 Å². The average molecular weight is 378 g/mol. The van der Waals surface area contributed by atoms with Gasteiger partial charge in [-0.3, -0.25) is 0 Å². The summed E-state index contributed by atoms with van der Waals surface area (Å²) in [5, 5.41) is 21.1. The minimum Gasteiger partial charge on any atom is -0.545 e. The number of hydrogen-bond acceptors (Lipinski definition) is 4. The van der Waals surface area contributed by atoms with Crippen molar-refractivity contribution in [2.24, 2.45) is 0 Å². The Morgan fingerprint density at radius 1 is 1.00 bits per heavy atom. The molecule has 0 heterocycles. The molecule has 1 aromatic carbocycles. The summed E-state index contributed by atoms with van der Waals surface area (Å²) >= 11 is 0. The Bertz CT molecular complexity index is 568. The Balaban J connectivity index is 2.64. The molecule has 0 saturated carbocycles. The standard InChI is InChI=1S/C23H38O4/c1-16(2)19-14-18(22(24)25)15-20(17(3)4)21(19)27-13-11-9-7-8-10-12-23(5,6)26/h14-17,26H,7-13H2,1-6H3,(H,24,25)/p-1. The van der Waals surface area contributed by atoms with Crippen LogP contribution in [0.2, 0.25) is 0 Å². The third-order valence-corrected chi connectivity index (χ3v) is 4.81. The smallest absolute Gasteiger partial charge is 0.126 e. The van der Waals surface area contributed by atoms with E-state index in [0.29, 0.717) is 6.61 Å². The van der Waals surface area contributed by atoms with E-state index in [1.807, 2.05) is 41.5 Å². The molecule has 1 aromatic rings. The minimum absolute atomic E-state index is 0.179. The largest absolute Gasteiger partial charge is 0.545 e. The normalized spacial score (nSPS) is 12.0. The number of unbranched alkanes of at least 4 members (excludes halogenated alkanes) is 4. The summed E-state index contributed by atoms with van der Waals surface area (Å²) in [6, 6.07) is 3.38. The number of aliphatic hydroxyl groups is 1.